The highest BCUT2D eigenvalue weighted by Gasteiger charge is 2.14. The summed E-state index contributed by atoms with van der Waals surface area (Å²) < 4.78 is 4.97. The van der Waals surface area contributed by atoms with Crippen molar-refractivity contribution < 1.29 is 9.53 Å². The van der Waals surface area contributed by atoms with Crippen LogP contribution in [0.5, 0.6) is 0 Å². The molecule has 0 aromatic carbocycles. The maximum absolute atomic E-state index is 11.6. The van der Waals surface area contributed by atoms with Gasteiger partial charge in [-0.3, -0.25) is 4.98 Å². The Morgan fingerprint density at radius 2 is 2.21 bits per heavy atom. The first-order chi connectivity index (χ1) is 6.70. The van der Waals surface area contributed by atoms with E-state index in [1.54, 1.807) is 13.1 Å². The number of carbonyl (C=O) groups is 1. The first-order valence-corrected chi connectivity index (χ1v) is 4.82. The van der Waals surface area contributed by atoms with E-state index in [1.165, 1.54) is 0 Å². The van der Waals surface area contributed by atoms with Crippen LogP contribution in [0, 0.1) is 6.92 Å². The van der Waals surface area contributed by atoms with Crippen LogP contribution in [0.3, 0.4) is 0 Å². The van der Waals surface area contributed by atoms with Crippen LogP contribution in [0.4, 0.5) is 0 Å². The zero-order valence-corrected chi connectivity index (χ0v) is 8.83. The van der Waals surface area contributed by atoms with Crippen molar-refractivity contribution in [3.63, 3.8) is 0 Å². The number of carbonyl (C=O) groups excluding carboxylic acids is 1. The first-order valence-electron chi connectivity index (χ1n) is 4.82. The molecule has 1 rings (SSSR count). The van der Waals surface area contributed by atoms with Crippen molar-refractivity contribution in [3.8, 4) is 0 Å². The molecule has 0 unspecified atom stereocenters. The zero-order chi connectivity index (χ0) is 10.6. The smallest absolute Gasteiger partial charge is 0.340 e. The molecule has 1 aromatic heterocycles. The lowest BCUT2D eigenvalue weighted by Crippen LogP contribution is -2.11. The topological polar surface area (TPSA) is 39.2 Å². The van der Waals surface area contributed by atoms with Gasteiger partial charge >= 0.3 is 5.97 Å². The number of aromatic nitrogens is 1. The molecule has 1 heterocycles. The molecule has 76 valence electrons. The molecule has 0 spiro atoms. The minimum absolute atomic E-state index is 0.269. The Balaban J connectivity index is 3.10. The van der Waals surface area contributed by atoms with E-state index in [4.69, 9.17) is 4.74 Å². The van der Waals surface area contributed by atoms with Gasteiger partial charge in [-0.25, -0.2) is 4.79 Å². The van der Waals surface area contributed by atoms with Gasteiger partial charge in [0.25, 0.3) is 0 Å². The first kappa shape index (κ1) is 10.7. The molecule has 0 saturated carbocycles. The van der Waals surface area contributed by atoms with Crippen LogP contribution < -0.4 is 0 Å². The number of esters is 1. The van der Waals surface area contributed by atoms with Crippen molar-refractivity contribution in [3.05, 3.63) is 29.1 Å². The highest BCUT2D eigenvalue weighted by molar-refractivity contribution is 5.92. The van der Waals surface area contributed by atoms with Crippen LogP contribution in [-0.2, 0) is 11.2 Å². The summed E-state index contributed by atoms with van der Waals surface area (Å²) in [4.78, 5) is 15.7. The predicted octanol–water partition coefficient (Wildman–Crippen LogP) is 2.13. The number of hydrogen-bond donors (Lipinski definition) is 0. The third kappa shape index (κ3) is 2.10. The van der Waals surface area contributed by atoms with Gasteiger partial charge in [-0.1, -0.05) is 6.92 Å². The number of aryl methyl sites for hydroxylation is 2. The molecule has 0 N–H and O–H groups in total. The van der Waals surface area contributed by atoms with E-state index in [2.05, 4.69) is 4.98 Å². The van der Waals surface area contributed by atoms with Gasteiger partial charge in [0.15, 0.2) is 0 Å². The van der Waals surface area contributed by atoms with E-state index in [0.29, 0.717) is 12.2 Å². The van der Waals surface area contributed by atoms with Gasteiger partial charge in [0.1, 0.15) is 0 Å². The highest BCUT2D eigenvalue weighted by atomic mass is 16.5. The van der Waals surface area contributed by atoms with E-state index >= 15 is 0 Å². The summed E-state index contributed by atoms with van der Waals surface area (Å²) in [5.74, 6) is -0.269. The third-order valence-corrected chi connectivity index (χ3v) is 2.05. The average Bonchev–Trinajstić information content (AvgIpc) is 2.17. The fourth-order valence-electron chi connectivity index (χ4n) is 1.36. The second kappa shape index (κ2) is 4.74. The summed E-state index contributed by atoms with van der Waals surface area (Å²) in [5.41, 5.74) is 2.36. The van der Waals surface area contributed by atoms with Crippen LogP contribution in [0.2, 0.25) is 0 Å². The molecule has 0 fully saturated rings. The highest BCUT2D eigenvalue weighted by Crippen LogP contribution is 2.13. The second-order valence-electron chi connectivity index (χ2n) is 3.02. The van der Waals surface area contributed by atoms with Gasteiger partial charge in [0, 0.05) is 6.20 Å². The van der Waals surface area contributed by atoms with Crippen molar-refractivity contribution in [2.45, 2.75) is 27.2 Å². The summed E-state index contributed by atoms with van der Waals surface area (Å²) in [6.07, 6.45) is 2.46. The summed E-state index contributed by atoms with van der Waals surface area (Å²) in [5, 5.41) is 0. The molecule has 0 aliphatic carbocycles. The quantitative estimate of drug-likeness (QED) is 0.690. The minimum atomic E-state index is -0.269. The SMILES string of the molecule is CCOC(=O)c1c(C)ccnc1CC. The van der Waals surface area contributed by atoms with Gasteiger partial charge < -0.3 is 4.74 Å². The Bertz CT molecular complexity index is 334. The molecule has 3 heteroatoms. The normalized spacial score (nSPS) is 9.93. The molecule has 1 aromatic rings. The molecule has 0 bridgehead atoms. The Morgan fingerprint density at radius 3 is 2.79 bits per heavy atom. The predicted molar refractivity (Wildman–Crippen MR) is 54.3 cm³/mol. The average molecular weight is 193 g/mol. The lowest BCUT2D eigenvalue weighted by molar-refractivity contribution is 0.0523. The number of hydrogen-bond acceptors (Lipinski definition) is 3. The molecule has 0 radical (unpaired) electrons. The molecule has 0 aliphatic heterocycles. The molecular weight excluding hydrogens is 178 g/mol. The molecule has 3 nitrogen and oxygen atoms in total. The fourth-order valence-corrected chi connectivity index (χ4v) is 1.36. The number of nitrogens with zero attached hydrogens (tertiary/aromatic N) is 1. The number of pyridine rings is 1. The van der Waals surface area contributed by atoms with Gasteiger partial charge in [-0.2, -0.15) is 0 Å². The summed E-state index contributed by atoms with van der Waals surface area (Å²) in [7, 11) is 0. The summed E-state index contributed by atoms with van der Waals surface area (Å²) in [6.45, 7) is 6.07. The lowest BCUT2D eigenvalue weighted by Gasteiger charge is -2.08. The van der Waals surface area contributed by atoms with Crippen LogP contribution in [0.1, 0.15) is 35.5 Å². The van der Waals surface area contributed by atoms with Crippen LogP contribution >= 0.6 is 0 Å². The van der Waals surface area contributed by atoms with E-state index in [9.17, 15) is 4.79 Å². The van der Waals surface area contributed by atoms with E-state index in [0.717, 1.165) is 17.7 Å². The monoisotopic (exact) mass is 193 g/mol. The van der Waals surface area contributed by atoms with E-state index in [1.807, 2.05) is 19.9 Å². The number of ether oxygens (including phenoxy) is 1. The van der Waals surface area contributed by atoms with Crippen molar-refractivity contribution in [1.29, 1.82) is 0 Å². The van der Waals surface area contributed by atoms with Gasteiger partial charge in [0.05, 0.1) is 17.9 Å². The summed E-state index contributed by atoms with van der Waals surface area (Å²) >= 11 is 0. The maximum atomic E-state index is 11.6. The molecule has 0 saturated heterocycles. The fraction of sp³-hybridized carbons (Fsp3) is 0.455. The van der Waals surface area contributed by atoms with Gasteiger partial charge in [-0.15, -0.1) is 0 Å². The minimum Gasteiger partial charge on any atom is -0.462 e. The van der Waals surface area contributed by atoms with Crippen LogP contribution in [0.15, 0.2) is 12.3 Å². The van der Waals surface area contributed by atoms with Crippen molar-refractivity contribution >= 4 is 5.97 Å². The Labute approximate surface area is 84.1 Å². The standard InChI is InChI=1S/C11H15NO2/c1-4-9-10(11(13)14-5-2)8(3)6-7-12-9/h6-7H,4-5H2,1-3H3. The second-order valence-corrected chi connectivity index (χ2v) is 3.02. The molecule has 0 amide bonds. The van der Waals surface area contributed by atoms with E-state index in [-0.39, 0.29) is 5.97 Å². The number of rotatable bonds is 3. The summed E-state index contributed by atoms with van der Waals surface area (Å²) in [6, 6.07) is 1.82. The van der Waals surface area contributed by atoms with Crippen molar-refractivity contribution in [2.24, 2.45) is 0 Å². The largest absolute Gasteiger partial charge is 0.462 e. The Morgan fingerprint density at radius 1 is 1.50 bits per heavy atom. The molecule has 14 heavy (non-hydrogen) atoms. The Hall–Kier alpha value is -1.38. The lowest BCUT2D eigenvalue weighted by atomic mass is 10.1. The molecular formula is C11H15NO2. The van der Waals surface area contributed by atoms with Crippen molar-refractivity contribution in [2.75, 3.05) is 6.61 Å². The van der Waals surface area contributed by atoms with Gasteiger partial charge in [0.2, 0.25) is 0 Å². The molecule has 0 aliphatic rings. The maximum Gasteiger partial charge on any atom is 0.340 e. The van der Waals surface area contributed by atoms with Crippen molar-refractivity contribution in [1.82, 2.24) is 4.98 Å². The van der Waals surface area contributed by atoms with Crippen LogP contribution in [-0.4, -0.2) is 17.6 Å². The molecule has 0 atom stereocenters. The Kier molecular flexibility index (Phi) is 3.63. The van der Waals surface area contributed by atoms with Crippen LogP contribution in [0.25, 0.3) is 0 Å². The van der Waals surface area contributed by atoms with E-state index < -0.39 is 0 Å². The third-order valence-electron chi connectivity index (χ3n) is 2.05. The van der Waals surface area contributed by atoms with Gasteiger partial charge in [-0.05, 0) is 31.9 Å². The zero-order valence-electron chi connectivity index (χ0n) is 8.83.